The minimum Gasteiger partial charge on any atom is -0.484 e. The van der Waals surface area contributed by atoms with Crippen LogP contribution in [-0.2, 0) is 15.6 Å². The van der Waals surface area contributed by atoms with Crippen molar-refractivity contribution in [2.24, 2.45) is 0 Å². The molecule has 0 aliphatic carbocycles. The van der Waals surface area contributed by atoms with Crippen LogP contribution in [0.2, 0.25) is 0 Å². The number of hydrogen-bond acceptors (Lipinski definition) is 6. The lowest BCUT2D eigenvalue weighted by atomic mass is 10.2. The van der Waals surface area contributed by atoms with E-state index in [1.165, 1.54) is 19.2 Å². The summed E-state index contributed by atoms with van der Waals surface area (Å²) < 4.78 is 67.7. The number of aromatic nitrogens is 2. The molecule has 3 rings (SSSR count). The summed E-state index contributed by atoms with van der Waals surface area (Å²) in [6.45, 7) is 0.0177. The van der Waals surface area contributed by atoms with Crippen molar-refractivity contribution >= 4 is 31.4 Å². The molecule has 26 heavy (non-hydrogen) atoms. The van der Waals surface area contributed by atoms with Gasteiger partial charge in [0.1, 0.15) is 5.75 Å². The number of thiazole rings is 1. The molecule has 2 heterocycles. The van der Waals surface area contributed by atoms with Crippen molar-refractivity contribution in [3.05, 3.63) is 47.8 Å². The lowest BCUT2D eigenvalue weighted by molar-refractivity contribution is -0.153. The van der Waals surface area contributed by atoms with Gasteiger partial charge in [-0.05, 0) is 25.1 Å². The molecule has 0 N–H and O–H groups in total. The molecule has 0 atom stereocenters. The first-order valence-electron chi connectivity index (χ1n) is 7.38. The number of ether oxygens (including phenoxy) is 1. The van der Waals surface area contributed by atoms with E-state index >= 15 is 0 Å². The van der Waals surface area contributed by atoms with Crippen molar-refractivity contribution in [1.29, 1.82) is 0 Å². The number of rotatable bonds is 5. The van der Waals surface area contributed by atoms with Crippen LogP contribution in [0.25, 0.3) is 10.2 Å². The van der Waals surface area contributed by atoms with Gasteiger partial charge in [0.15, 0.2) is 6.61 Å². The molecule has 2 aromatic heterocycles. The topological polar surface area (TPSA) is 69.2 Å². The summed E-state index contributed by atoms with van der Waals surface area (Å²) in [6, 6.07) is 8.28. The van der Waals surface area contributed by atoms with E-state index in [4.69, 9.17) is 4.74 Å². The summed E-state index contributed by atoms with van der Waals surface area (Å²) in [7, 11) is -3.79. The monoisotopic (exact) mass is 402 g/mol. The molecule has 0 aliphatic rings. The summed E-state index contributed by atoms with van der Waals surface area (Å²) in [5, 5.41) is 0. The largest absolute Gasteiger partial charge is 0.484 e. The van der Waals surface area contributed by atoms with Gasteiger partial charge in [0, 0.05) is 11.8 Å². The minimum atomic E-state index is -4.48. The fourth-order valence-corrected chi connectivity index (χ4v) is 4.91. The van der Waals surface area contributed by atoms with E-state index in [2.05, 4.69) is 9.97 Å². The second-order valence-corrected chi connectivity index (χ2v) is 8.69. The Hall–Kier alpha value is -2.20. The zero-order chi connectivity index (χ0) is 18.9. The fourth-order valence-electron chi connectivity index (χ4n) is 2.25. The number of hydrogen-bond donors (Lipinski definition) is 0. The maximum Gasteiger partial charge on any atom is 0.422 e. The van der Waals surface area contributed by atoms with Gasteiger partial charge in [-0.2, -0.15) is 13.2 Å². The first-order chi connectivity index (χ1) is 12.2. The summed E-state index contributed by atoms with van der Waals surface area (Å²) >= 11 is 1.04. The third-order valence-electron chi connectivity index (χ3n) is 3.52. The lowest BCUT2D eigenvalue weighted by Crippen LogP contribution is -2.20. The maximum atomic E-state index is 12.6. The van der Waals surface area contributed by atoms with E-state index in [1.807, 2.05) is 0 Å². The molecule has 0 unspecified atom stereocenters. The lowest BCUT2D eigenvalue weighted by Gasteiger charge is -2.13. The van der Waals surface area contributed by atoms with E-state index in [0.717, 1.165) is 16.0 Å². The third kappa shape index (κ3) is 4.13. The molecule has 1 aromatic carbocycles. The average molecular weight is 402 g/mol. The summed E-state index contributed by atoms with van der Waals surface area (Å²) in [4.78, 5) is 8.11. The van der Waals surface area contributed by atoms with Gasteiger partial charge in [0.25, 0.3) is 0 Å². The van der Waals surface area contributed by atoms with E-state index in [-0.39, 0.29) is 21.3 Å². The molecule has 0 aliphatic heterocycles. The van der Waals surface area contributed by atoms with Gasteiger partial charge < -0.3 is 4.74 Å². The van der Waals surface area contributed by atoms with Crippen LogP contribution in [0.1, 0.15) is 11.3 Å². The maximum absolute atomic E-state index is 12.6. The first kappa shape index (κ1) is 18.6. The van der Waals surface area contributed by atoms with Crippen molar-refractivity contribution in [3.63, 3.8) is 0 Å². The molecule has 5 nitrogen and oxygen atoms in total. The number of nitrogens with zero attached hydrogens (tertiary/aromatic N) is 2. The minimum absolute atomic E-state index is 0.0492. The van der Waals surface area contributed by atoms with Crippen LogP contribution in [-0.4, -0.2) is 31.2 Å². The Morgan fingerprint density at radius 3 is 2.62 bits per heavy atom. The number of alkyl halides is 3. The smallest absolute Gasteiger partial charge is 0.422 e. The molecule has 0 fully saturated rings. The predicted octanol–water partition coefficient (Wildman–Crippen LogP) is 3.91. The second-order valence-electron chi connectivity index (χ2n) is 5.49. The Labute approximate surface area is 151 Å². The molecular weight excluding hydrogens is 389 g/mol. The predicted molar refractivity (Wildman–Crippen MR) is 91.0 cm³/mol. The summed E-state index contributed by atoms with van der Waals surface area (Å²) in [5.74, 6) is -0.520. The van der Waals surface area contributed by atoms with E-state index in [9.17, 15) is 21.6 Å². The molecule has 0 radical (unpaired) electrons. The zero-order valence-electron chi connectivity index (χ0n) is 13.4. The SMILES string of the molecule is Cc1c(OCC(F)(F)F)ccnc1CS(=O)(=O)c1nc2ccccc2s1. The van der Waals surface area contributed by atoms with Gasteiger partial charge in [0.05, 0.1) is 21.7 Å². The van der Waals surface area contributed by atoms with Crippen LogP contribution >= 0.6 is 11.3 Å². The first-order valence-corrected chi connectivity index (χ1v) is 9.85. The van der Waals surface area contributed by atoms with E-state index in [0.29, 0.717) is 5.52 Å². The highest BCUT2D eigenvalue weighted by atomic mass is 32.2. The Morgan fingerprint density at radius 2 is 1.92 bits per heavy atom. The number of fused-ring (bicyclic) bond motifs is 1. The number of para-hydroxylation sites is 1. The molecule has 0 saturated carbocycles. The highest BCUT2D eigenvalue weighted by Crippen LogP contribution is 2.29. The Kier molecular flexibility index (Phi) is 4.89. The standard InChI is InChI=1S/C16H13F3N2O3S2/c1-10-12(20-7-6-13(10)24-9-16(17,18)19)8-26(22,23)15-21-11-4-2-3-5-14(11)25-15/h2-7H,8-9H2,1H3. The van der Waals surface area contributed by atoms with Crippen LogP contribution in [0.4, 0.5) is 13.2 Å². The highest BCUT2D eigenvalue weighted by Gasteiger charge is 2.29. The van der Waals surface area contributed by atoms with Crippen molar-refractivity contribution < 1.29 is 26.3 Å². The van der Waals surface area contributed by atoms with E-state index in [1.54, 1.807) is 24.3 Å². The van der Waals surface area contributed by atoms with Gasteiger partial charge >= 0.3 is 6.18 Å². The summed E-state index contributed by atoms with van der Waals surface area (Å²) in [6.07, 6.45) is -3.26. The molecule has 0 bridgehead atoms. The number of halogens is 3. The Bertz CT molecular complexity index is 1010. The number of sulfone groups is 1. The van der Waals surface area contributed by atoms with Crippen LogP contribution in [0, 0.1) is 6.92 Å². The second kappa shape index (κ2) is 6.84. The van der Waals surface area contributed by atoms with Gasteiger partial charge in [0.2, 0.25) is 14.2 Å². The van der Waals surface area contributed by atoms with Gasteiger partial charge in [-0.3, -0.25) is 4.98 Å². The molecule has 0 spiro atoms. The highest BCUT2D eigenvalue weighted by molar-refractivity contribution is 7.92. The quantitative estimate of drug-likeness (QED) is 0.647. The third-order valence-corrected chi connectivity index (χ3v) is 6.64. The molecule has 138 valence electrons. The van der Waals surface area contributed by atoms with Crippen LogP contribution in [0.15, 0.2) is 40.9 Å². The molecule has 0 saturated heterocycles. The Balaban J connectivity index is 1.87. The van der Waals surface area contributed by atoms with E-state index < -0.39 is 28.4 Å². The van der Waals surface area contributed by atoms with Crippen LogP contribution < -0.4 is 4.74 Å². The van der Waals surface area contributed by atoms with Crippen molar-refractivity contribution in [3.8, 4) is 5.75 Å². The normalized spacial score (nSPS) is 12.5. The average Bonchev–Trinajstić information content (AvgIpc) is 3.00. The molecular formula is C16H13F3N2O3S2. The van der Waals surface area contributed by atoms with Crippen molar-refractivity contribution in [1.82, 2.24) is 9.97 Å². The zero-order valence-corrected chi connectivity index (χ0v) is 15.1. The van der Waals surface area contributed by atoms with Crippen LogP contribution in [0.5, 0.6) is 5.75 Å². The van der Waals surface area contributed by atoms with Gasteiger partial charge in [-0.15, -0.1) is 11.3 Å². The number of benzene rings is 1. The fraction of sp³-hybridized carbons (Fsp3) is 0.250. The molecule has 3 aromatic rings. The Morgan fingerprint density at radius 1 is 1.19 bits per heavy atom. The summed E-state index contributed by atoms with van der Waals surface area (Å²) in [5.41, 5.74) is 0.952. The van der Waals surface area contributed by atoms with Crippen molar-refractivity contribution in [2.75, 3.05) is 6.61 Å². The van der Waals surface area contributed by atoms with Gasteiger partial charge in [-0.1, -0.05) is 12.1 Å². The van der Waals surface area contributed by atoms with Gasteiger partial charge in [-0.25, -0.2) is 13.4 Å². The van der Waals surface area contributed by atoms with Crippen molar-refractivity contribution in [2.45, 2.75) is 23.2 Å². The molecule has 10 heteroatoms. The molecule has 0 amide bonds. The number of pyridine rings is 1. The van der Waals surface area contributed by atoms with Crippen LogP contribution in [0.3, 0.4) is 0 Å².